The van der Waals surface area contributed by atoms with Gasteiger partial charge in [-0.05, 0) is 84.9 Å². The van der Waals surface area contributed by atoms with Gasteiger partial charge in [-0.15, -0.1) is 0 Å². The lowest BCUT2D eigenvalue weighted by atomic mass is 10.0. The number of phenolic OH excluding ortho intramolecular Hbond substituents is 1. The number of phenols is 1. The largest absolute Gasteiger partial charge is 0.523 e. The molecule has 0 saturated heterocycles. The third kappa shape index (κ3) is 14.9. The average molecular weight is 937 g/mol. The van der Waals surface area contributed by atoms with Gasteiger partial charge in [0.25, 0.3) is 0 Å². The predicted molar refractivity (Wildman–Crippen MR) is 178 cm³/mol. The number of rotatable bonds is 8. The van der Waals surface area contributed by atoms with Crippen molar-refractivity contribution in [2.45, 2.75) is 17.9 Å². The summed E-state index contributed by atoms with van der Waals surface area (Å²) in [5.41, 5.74) is -4.30. The van der Waals surface area contributed by atoms with Crippen molar-refractivity contribution in [2.75, 3.05) is 13.2 Å². The number of ketones is 2. The molecule has 4 aromatic carbocycles. The Morgan fingerprint density at radius 2 is 1.02 bits per heavy atom. The summed E-state index contributed by atoms with van der Waals surface area (Å²) in [6.07, 6.45) is -9.53. The molecule has 0 amide bonds. The van der Waals surface area contributed by atoms with Gasteiger partial charge in [-0.25, -0.2) is 0 Å². The molecule has 0 bridgehead atoms. The van der Waals surface area contributed by atoms with Crippen LogP contribution in [0.15, 0.2) is 93.9 Å². The Labute approximate surface area is 315 Å². The second-order valence-corrected chi connectivity index (χ2v) is 13.9. The van der Waals surface area contributed by atoms with Crippen LogP contribution >= 0.6 is 55.1 Å². The summed E-state index contributed by atoms with van der Waals surface area (Å²) in [4.78, 5) is 24.5. The molecule has 0 heterocycles. The van der Waals surface area contributed by atoms with Crippen molar-refractivity contribution in [3.05, 3.63) is 126 Å². The molecule has 0 aromatic heterocycles. The van der Waals surface area contributed by atoms with Gasteiger partial charge in [0.15, 0.2) is 24.8 Å². The summed E-state index contributed by atoms with van der Waals surface area (Å²) in [6.45, 7) is -3.87. The van der Waals surface area contributed by atoms with Crippen LogP contribution in [0.2, 0.25) is 10.0 Å². The maximum atomic E-state index is 12.3. The predicted octanol–water partition coefficient (Wildman–Crippen LogP) is 10.7. The van der Waals surface area contributed by atoms with E-state index in [1.165, 1.54) is 36.4 Å². The number of hydrogen-bond acceptors (Lipinski definition) is 7. The molecule has 0 spiro atoms. The Morgan fingerprint density at radius 3 is 1.38 bits per heavy atom. The number of halogens is 13. The number of hydrogen-bond donors (Lipinski definition) is 1. The fourth-order valence-electron chi connectivity index (χ4n) is 3.35. The van der Waals surface area contributed by atoms with Crippen molar-refractivity contribution in [2.24, 2.45) is 0 Å². The van der Waals surface area contributed by atoms with Crippen molar-refractivity contribution in [1.29, 1.82) is 0 Å². The maximum Gasteiger partial charge on any atom is 0.523 e. The van der Waals surface area contributed by atoms with Crippen molar-refractivity contribution in [3.63, 3.8) is 0 Å². The summed E-state index contributed by atoms with van der Waals surface area (Å²) >= 11 is 18.5. The summed E-state index contributed by atoms with van der Waals surface area (Å²) in [5, 5.41) is 9.87. The molecule has 0 saturated carbocycles. The van der Waals surface area contributed by atoms with E-state index in [4.69, 9.17) is 28.3 Å². The Balaban J connectivity index is 0.000000281. The summed E-state index contributed by atoms with van der Waals surface area (Å²) in [6, 6.07) is 21.5. The molecule has 0 unspecified atom stereocenters. The second kappa shape index (κ2) is 18.6. The molecular weight excluding hydrogens is 918 g/mol. The van der Waals surface area contributed by atoms with Crippen LogP contribution in [0.4, 0.5) is 39.5 Å². The molecule has 21 heteroatoms. The minimum atomic E-state index is -6.15. The fraction of sp³-hybridized carbons (Fsp3) is 0.161. The van der Waals surface area contributed by atoms with E-state index in [0.29, 0.717) is 36.8 Å². The molecule has 7 nitrogen and oxygen atoms in total. The number of benzene rings is 4. The van der Waals surface area contributed by atoms with Crippen LogP contribution in [0.25, 0.3) is 0 Å². The van der Waals surface area contributed by atoms with Gasteiger partial charge >= 0.3 is 28.0 Å². The van der Waals surface area contributed by atoms with Gasteiger partial charge < -0.3 is 9.84 Å². The van der Waals surface area contributed by atoms with Crippen molar-refractivity contribution in [1.82, 2.24) is 0 Å². The van der Waals surface area contributed by atoms with Crippen LogP contribution in [0.1, 0.15) is 31.8 Å². The van der Waals surface area contributed by atoms with Gasteiger partial charge in [0, 0.05) is 31.2 Å². The number of carbonyl (C=O) groups is 2. The van der Waals surface area contributed by atoms with Crippen LogP contribution in [-0.4, -0.2) is 56.2 Å². The molecule has 0 radical (unpaired) electrons. The van der Waals surface area contributed by atoms with E-state index in [0.717, 1.165) is 4.47 Å². The second-order valence-electron chi connectivity index (χ2n) is 9.66. The van der Waals surface area contributed by atoms with Gasteiger partial charge in [0.1, 0.15) is 11.5 Å². The first-order valence-corrected chi connectivity index (χ1v) is 17.2. The Kier molecular flexibility index (Phi) is 16.0. The molecule has 4 rings (SSSR count). The van der Waals surface area contributed by atoms with Crippen LogP contribution in [0.5, 0.6) is 11.5 Å². The first kappa shape index (κ1) is 44.8. The Hall–Kier alpha value is -3.36. The third-order valence-corrected chi connectivity index (χ3v) is 8.30. The maximum absolute atomic E-state index is 12.3. The minimum absolute atomic E-state index is 0.0363. The van der Waals surface area contributed by atoms with Crippen LogP contribution in [0.3, 0.4) is 0 Å². The first-order chi connectivity index (χ1) is 23.8. The SMILES string of the molecule is O=C(c1ccc(O)cc1)c1cc(Br)ccc1Cl.O=C(c1ccc(OCC(F)(F)F)cc1)c1cc(Br)ccc1Cl.O=S(=O)(OCC(F)(F)F)C(F)(F)F. The van der Waals surface area contributed by atoms with Gasteiger partial charge in [-0.1, -0.05) is 55.1 Å². The molecule has 0 aliphatic carbocycles. The summed E-state index contributed by atoms with van der Waals surface area (Å²) in [5.74, 6) is -0.332. The van der Waals surface area contributed by atoms with Crippen LogP contribution in [-0.2, 0) is 14.3 Å². The minimum Gasteiger partial charge on any atom is -0.508 e. The highest BCUT2D eigenvalue weighted by Gasteiger charge is 2.49. The zero-order chi connectivity index (χ0) is 39.7. The van der Waals surface area contributed by atoms with E-state index < -0.39 is 41.2 Å². The van der Waals surface area contributed by atoms with Crippen LogP contribution in [0, 0.1) is 0 Å². The first-order valence-electron chi connectivity index (χ1n) is 13.4. The number of alkyl halides is 9. The highest BCUT2D eigenvalue weighted by atomic mass is 79.9. The lowest BCUT2D eigenvalue weighted by Gasteiger charge is -2.09. The molecule has 282 valence electrons. The lowest BCUT2D eigenvalue weighted by molar-refractivity contribution is -0.156. The van der Waals surface area contributed by atoms with Gasteiger partial charge in [-0.3, -0.25) is 13.8 Å². The van der Waals surface area contributed by atoms with E-state index in [-0.39, 0.29) is 23.1 Å². The zero-order valence-electron chi connectivity index (χ0n) is 25.2. The van der Waals surface area contributed by atoms with Crippen molar-refractivity contribution in [3.8, 4) is 11.5 Å². The molecule has 4 aromatic rings. The monoisotopic (exact) mass is 934 g/mol. The van der Waals surface area contributed by atoms with E-state index in [1.807, 2.05) is 0 Å². The van der Waals surface area contributed by atoms with Crippen LogP contribution < -0.4 is 4.74 Å². The highest BCUT2D eigenvalue weighted by molar-refractivity contribution is 9.10. The smallest absolute Gasteiger partial charge is 0.508 e. The van der Waals surface area contributed by atoms with Crippen molar-refractivity contribution >= 4 is 76.7 Å². The van der Waals surface area contributed by atoms with E-state index in [2.05, 4.69) is 40.8 Å². The Bertz CT molecular complexity index is 1960. The fourth-order valence-corrected chi connectivity index (χ4v) is 4.90. The third-order valence-electron chi connectivity index (χ3n) is 5.66. The molecule has 0 fully saturated rings. The number of carbonyl (C=O) groups excluding carboxylic acids is 2. The normalized spacial score (nSPS) is 11.8. The lowest BCUT2D eigenvalue weighted by Crippen LogP contribution is -2.29. The van der Waals surface area contributed by atoms with E-state index in [9.17, 15) is 57.5 Å². The molecule has 0 aliphatic heterocycles. The molecular formula is C31H19Br2Cl2F9O7S. The quantitative estimate of drug-likeness (QED) is 0.0811. The topological polar surface area (TPSA) is 107 Å². The average Bonchev–Trinajstić information content (AvgIpc) is 3.04. The number of ether oxygens (including phenoxy) is 1. The highest BCUT2D eigenvalue weighted by Crippen LogP contribution is 2.28. The molecule has 0 aliphatic rings. The van der Waals surface area contributed by atoms with Gasteiger partial charge in [0.05, 0.1) is 10.0 Å². The van der Waals surface area contributed by atoms with E-state index in [1.54, 1.807) is 48.5 Å². The molecule has 0 atom stereocenters. The summed E-state index contributed by atoms with van der Waals surface area (Å²) in [7, 11) is -6.15. The Morgan fingerprint density at radius 1 is 0.635 bits per heavy atom. The van der Waals surface area contributed by atoms with Gasteiger partial charge in [-0.2, -0.15) is 47.9 Å². The van der Waals surface area contributed by atoms with Crippen molar-refractivity contribution < 1.29 is 71.5 Å². The summed E-state index contributed by atoms with van der Waals surface area (Å²) < 4.78 is 132. The molecule has 1 N–H and O–H groups in total. The standard InChI is InChI=1S/C15H9BrClF3O2.C13H8BrClO2.C3H2F6O3S/c16-10-3-6-13(17)12(7-10)14(21)9-1-4-11(5-2-9)22-8-15(18,19)20;14-9-3-6-12(15)11(7-9)13(17)8-1-4-10(16)5-2-8;4-2(5,6)1-12-13(10,11)3(7,8)9/h1-7H,8H2;1-7,16H;1H2. The van der Waals surface area contributed by atoms with E-state index >= 15 is 0 Å². The molecule has 52 heavy (non-hydrogen) atoms. The zero-order valence-corrected chi connectivity index (χ0v) is 30.7. The van der Waals surface area contributed by atoms with Gasteiger partial charge in [0.2, 0.25) is 0 Å². The number of aromatic hydroxyl groups is 1.